The topological polar surface area (TPSA) is 99.8 Å². The Morgan fingerprint density at radius 1 is 1.19 bits per heavy atom. The molecule has 1 aromatic rings. The third-order valence-corrected chi connectivity index (χ3v) is 7.73. The first-order chi connectivity index (χ1) is 15.5. The second kappa shape index (κ2) is 8.92. The fourth-order valence-corrected chi connectivity index (χ4v) is 5.71. The van der Waals surface area contributed by atoms with Crippen molar-refractivity contribution in [3.63, 3.8) is 0 Å². The SMILES string of the molecule is O=C(CN1CCC2(CCc3ccccc3C2=O)CC1)NCC1NC(=O)C2COCCC2N1. The molecular weight excluding hydrogens is 408 g/mol. The van der Waals surface area contributed by atoms with E-state index in [9.17, 15) is 14.4 Å². The number of fused-ring (bicyclic) bond motifs is 2. The lowest BCUT2D eigenvalue weighted by Crippen LogP contribution is -2.66. The van der Waals surface area contributed by atoms with Gasteiger partial charge in [-0.3, -0.25) is 24.6 Å². The van der Waals surface area contributed by atoms with Crippen LogP contribution in [0.2, 0.25) is 0 Å². The summed E-state index contributed by atoms with van der Waals surface area (Å²) in [6.07, 6.45) is 4.02. The summed E-state index contributed by atoms with van der Waals surface area (Å²) in [4.78, 5) is 40.1. The zero-order chi connectivity index (χ0) is 22.1. The van der Waals surface area contributed by atoms with Gasteiger partial charge in [0.05, 0.1) is 31.8 Å². The highest BCUT2D eigenvalue weighted by Gasteiger charge is 2.44. The molecule has 1 spiro atoms. The highest BCUT2D eigenvalue weighted by atomic mass is 16.5. The number of carbonyl (C=O) groups is 3. The number of likely N-dealkylation sites (tertiary alicyclic amines) is 1. The van der Waals surface area contributed by atoms with Crippen LogP contribution in [0, 0.1) is 11.3 Å². The van der Waals surface area contributed by atoms with Crippen molar-refractivity contribution in [2.24, 2.45) is 11.3 Å². The lowest BCUT2D eigenvalue weighted by Gasteiger charge is -2.43. The predicted molar refractivity (Wildman–Crippen MR) is 118 cm³/mol. The number of aryl methyl sites for hydroxylation is 1. The molecule has 0 bridgehead atoms. The fourth-order valence-electron chi connectivity index (χ4n) is 5.71. The molecule has 8 heteroatoms. The lowest BCUT2D eigenvalue weighted by molar-refractivity contribution is -0.135. The van der Waals surface area contributed by atoms with E-state index in [1.807, 2.05) is 18.2 Å². The van der Waals surface area contributed by atoms with Crippen LogP contribution in [0.1, 0.15) is 41.6 Å². The van der Waals surface area contributed by atoms with E-state index in [0.29, 0.717) is 26.3 Å². The Morgan fingerprint density at radius 2 is 2.00 bits per heavy atom. The van der Waals surface area contributed by atoms with Gasteiger partial charge >= 0.3 is 0 Å². The average Bonchev–Trinajstić information content (AvgIpc) is 2.82. The van der Waals surface area contributed by atoms with Gasteiger partial charge in [0.15, 0.2) is 5.78 Å². The standard InChI is InChI=1S/C24H32N4O4/c29-21(25-13-20-26-19-6-12-32-15-18(19)23(31)27-20)14-28-10-8-24(9-11-28)7-5-16-3-1-2-4-17(16)22(24)30/h1-4,18-20,26H,5-15H2,(H,25,29)(H,27,31). The molecule has 2 amide bonds. The highest BCUT2D eigenvalue weighted by molar-refractivity contribution is 6.02. The molecule has 0 aromatic heterocycles. The van der Waals surface area contributed by atoms with Gasteiger partial charge in [-0.15, -0.1) is 0 Å². The van der Waals surface area contributed by atoms with Crippen molar-refractivity contribution < 1.29 is 19.1 Å². The van der Waals surface area contributed by atoms with Crippen molar-refractivity contribution in [3.05, 3.63) is 35.4 Å². The molecule has 1 aliphatic carbocycles. The molecule has 1 aromatic carbocycles. The Bertz CT molecular complexity index is 896. The number of hydrogen-bond acceptors (Lipinski definition) is 6. The van der Waals surface area contributed by atoms with Crippen LogP contribution in [0.3, 0.4) is 0 Å². The van der Waals surface area contributed by atoms with Gasteiger partial charge < -0.3 is 15.4 Å². The Labute approximate surface area is 188 Å². The van der Waals surface area contributed by atoms with E-state index in [2.05, 4.69) is 26.9 Å². The van der Waals surface area contributed by atoms with Crippen molar-refractivity contribution in [1.82, 2.24) is 20.9 Å². The van der Waals surface area contributed by atoms with Gasteiger partial charge in [-0.1, -0.05) is 24.3 Å². The van der Waals surface area contributed by atoms with Crippen LogP contribution in [0.5, 0.6) is 0 Å². The quantitative estimate of drug-likeness (QED) is 0.629. The van der Waals surface area contributed by atoms with Crippen molar-refractivity contribution >= 4 is 17.6 Å². The molecule has 0 saturated carbocycles. The van der Waals surface area contributed by atoms with Gasteiger partial charge in [0.1, 0.15) is 0 Å². The molecule has 3 aliphatic heterocycles. The number of nitrogens with one attached hydrogen (secondary N) is 3. The van der Waals surface area contributed by atoms with Gasteiger partial charge in [0.25, 0.3) is 0 Å². The number of piperidine rings is 1. The van der Waals surface area contributed by atoms with E-state index in [0.717, 1.165) is 50.8 Å². The molecule has 3 heterocycles. The first-order valence-corrected chi connectivity index (χ1v) is 11.8. The van der Waals surface area contributed by atoms with Gasteiger partial charge in [-0.2, -0.15) is 0 Å². The molecule has 3 saturated heterocycles. The summed E-state index contributed by atoms with van der Waals surface area (Å²) in [5.41, 5.74) is 1.79. The van der Waals surface area contributed by atoms with E-state index in [4.69, 9.17) is 4.74 Å². The molecule has 3 atom stereocenters. The number of amides is 2. The summed E-state index contributed by atoms with van der Waals surface area (Å²) in [5.74, 6) is 0.0824. The number of ketones is 1. The molecular formula is C24H32N4O4. The average molecular weight is 441 g/mol. The van der Waals surface area contributed by atoms with Gasteiger partial charge in [-0.05, 0) is 50.8 Å². The van der Waals surface area contributed by atoms with Crippen LogP contribution >= 0.6 is 0 Å². The zero-order valence-corrected chi connectivity index (χ0v) is 18.4. The van der Waals surface area contributed by atoms with E-state index in [1.165, 1.54) is 5.56 Å². The second-order valence-electron chi connectivity index (χ2n) is 9.65. The summed E-state index contributed by atoms with van der Waals surface area (Å²) in [7, 11) is 0. The summed E-state index contributed by atoms with van der Waals surface area (Å²) in [5, 5.41) is 9.30. The minimum atomic E-state index is -0.266. The van der Waals surface area contributed by atoms with Crippen LogP contribution in [-0.4, -0.2) is 74.1 Å². The maximum Gasteiger partial charge on any atom is 0.234 e. The molecule has 3 fully saturated rings. The van der Waals surface area contributed by atoms with Crippen molar-refractivity contribution in [2.75, 3.05) is 39.4 Å². The van der Waals surface area contributed by atoms with E-state index >= 15 is 0 Å². The lowest BCUT2D eigenvalue weighted by atomic mass is 9.65. The number of ether oxygens (including phenoxy) is 1. The number of carbonyl (C=O) groups excluding carboxylic acids is 3. The second-order valence-corrected chi connectivity index (χ2v) is 9.65. The Balaban J connectivity index is 1.09. The molecule has 172 valence electrons. The monoisotopic (exact) mass is 440 g/mol. The number of rotatable bonds is 4. The Kier molecular flexibility index (Phi) is 6.01. The Hall–Kier alpha value is -2.29. The Morgan fingerprint density at radius 3 is 2.84 bits per heavy atom. The van der Waals surface area contributed by atoms with Crippen molar-refractivity contribution in [2.45, 2.75) is 44.3 Å². The van der Waals surface area contributed by atoms with Crippen LogP contribution < -0.4 is 16.0 Å². The number of nitrogens with zero attached hydrogens (tertiary/aromatic N) is 1. The molecule has 3 unspecified atom stereocenters. The predicted octanol–water partition coefficient (Wildman–Crippen LogP) is 0.465. The fraction of sp³-hybridized carbons (Fsp3) is 0.625. The van der Waals surface area contributed by atoms with Crippen LogP contribution in [0.15, 0.2) is 24.3 Å². The molecule has 0 radical (unpaired) electrons. The molecule has 3 N–H and O–H groups in total. The smallest absolute Gasteiger partial charge is 0.234 e. The third kappa shape index (κ3) is 4.19. The normalized spacial score (nSPS) is 29.7. The maximum absolute atomic E-state index is 13.2. The van der Waals surface area contributed by atoms with Crippen molar-refractivity contribution in [3.8, 4) is 0 Å². The van der Waals surface area contributed by atoms with Crippen LogP contribution in [0.25, 0.3) is 0 Å². The van der Waals surface area contributed by atoms with Gasteiger partial charge in [-0.25, -0.2) is 0 Å². The number of benzene rings is 1. The van der Waals surface area contributed by atoms with E-state index < -0.39 is 0 Å². The zero-order valence-electron chi connectivity index (χ0n) is 18.4. The minimum absolute atomic E-state index is 0.00671. The third-order valence-electron chi connectivity index (χ3n) is 7.73. The summed E-state index contributed by atoms with van der Waals surface area (Å²) in [6.45, 7) is 3.30. The summed E-state index contributed by atoms with van der Waals surface area (Å²) >= 11 is 0. The largest absolute Gasteiger partial charge is 0.381 e. The molecule has 8 nitrogen and oxygen atoms in total. The van der Waals surface area contributed by atoms with Crippen molar-refractivity contribution in [1.29, 1.82) is 0 Å². The molecule has 32 heavy (non-hydrogen) atoms. The summed E-state index contributed by atoms with van der Waals surface area (Å²) in [6, 6.07) is 8.07. The first-order valence-electron chi connectivity index (χ1n) is 11.8. The highest BCUT2D eigenvalue weighted by Crippen LogP contribution is 2.43. The maximum atomic E-state index is 13.2. The van der Waals surface area contributed by atoms with Crippen LogP contribution in [0.4, 0.5) is 0 Å². The van der Waals surface area contributed by atoms with Gasteiger partial charge in [0, 0.05) is 23.6 Å². The van der Waals surface area contributed by atoms with E-state index in [1.54, 1.807) is 0 Å². The molecule has 5 rings (SSSR count). The van der Waals surface area contributed by atoms with Crippen LogP contribution in [-0.2, 0) is 20.7 Å². The number of hydrogen-bond donors (Lipinski definition) is 3. The van der Waals surface area contributed by atoms with E-state index in [-0.39, 0.29) is 41.1 Å². The minimum Gasteiger partial charge on any atom is -0.381 e. The first kappa shape index (κ1) is 21.6. The molecule has 4 aliphatic rings. The number of Topliss-reactive ketones (excluding diaryl/α,β-unsaturated/α-hetero) is 1. The van der Waals surface area contributed by atoms with Gasteiger partial charge in [0.2, 0.25) is 11.8 Å². The summed E-state index contributed by atoms with van der Waals surface area (Å²) < 4.78 is 5.40.